The molecule has 7 heteroatoms. The Morgan fingerprint density at radius 2 is 2.08 bits per heavy atom. The molecule has 1 saturated heterocycles. The number of aromatic nitrogens is 2. The van der Waals surface area contributed by atoms with Crippen molar-refractivity contribution >= 4 is 22.9 Å². The molecule has 1 aliphatic heterocycles. The van der Waals surface area contributed by atoms with E-state index in [-0.39, 0.29) is 6.10 Å². The third-order valence-corrected chi connectivity index (χ3v) is 5.57. The van der Waals surface area contributed by atoms with Gasteiger partial charge in [0.25, 0.3) is 0 Å². The molecule has 1 fully saturated rings. The average molecular weight is 390 g/mol. The summed E-state index contributed by atoms with van der Waals surface area (Å²) in [5.74, 6) is 1.05. The number of hydrogen-bond donors (Lipinski definition) is 0. The molecule has 136 valence electrons. The largest absolute Gasteiger partial charge is 0.419 e. The fraction of sp³-hybridized carbons (Fsp3) is 0.368. The lowest BCUT2D eigenvalue weighted by Gasteiger charge is -2.23. The minimum Gasteiger partial charge on any atom is -0.419 e. The van der Waals surface area contributed by atoms with Gasteiger partial charge in [0.05, 0.1) is 23.2 Å². The minimum absolute atomic E-state index is 0.279. The van der Waals surface area contributed by atoms with E-state index in [2.05, 4.69) is 32.6 Å². The van der Waals surface area contributed by atoms with Gasteiger partial charge in [-0.2, -0.15) is 0 Å². The lowest BCUT2D eigenvalue weighted by Crippen LogP contribution is -2.31. The predicted molar refractivity (Wildman–Crippen MR) is 102 cm³/mol. The Morgan fingerprint density at radius 3 is 2.85 bits per heavy atom. The lowest BCUT2D eigenvalue weighted by atomic mass is 10.2. The Balaban J connectivity index is 1.48. The molecule has 3 aromatic rings. The van der Waals surface area contributed by atoms with E-state index in [1.165, 1.54) is 4.88 Å². The summed E-state index contributed by atoms with van der Waals surface area (Å²) in [4.78, 5) is 3.62. The lowest BCUT2D eigenvalue weighted by molar-refractivity contribution is 0.0653. The van der Waals surface area contributed by atoms with Crippen molar-refractivity contribution in [1.29, 1.82) is 0 Å². The van der Waals surface area contributed by atoms with Crippen molar-refractivity contribution in [3.05, 3.63) is 57.6 Å². The van der Waals surface area contributed by atoms with Crippen LogP contribution >= 0.6 is 22.9 Å². The molecule has 2 aromatic heterocycles. The van der Waals surface area contributed by atoms with Crippen LogP contribution < -0.4 is 0 Å². The van der Waals surface area contributed by atoms with E-state index < -0.39 is 0 Å². The van der Waals surface area contributed by atoms with E-state index in [1.807, 2.05) is 24.3 Å². The first kappa shape index (κ1) is 17.7. The zero-order chi connectivity index (χ0) is 17.8. The van der Waals surface area contributed by atoms with Crippen molar-refractivity contribution < 1.29 is 9.15 Å². The molecule has 0 aliphatic carbocycles. The van der Waals surface area contributed by atoms with Crippen molar-refractivity contribution in [2.75, 3.05) is 13.2 Å². The Kier molecular flexibility index (Phi) is 5.65. The third kappa shape index (κ3) is 4.32. The number of rotatable bonds is 7. The molecule has 0 saturated carbocycles. The van der Waals surface area contributed by atoms with Crippen LogP contribution in [0.1, 0.15) is 23.6 Å². The third-order valence-electron chi connectivity index (χ3n) is 4.38. The van der Waals surface area contributed by atoms with E-state index in [4.69, 9.17) is 20.8 Å². The van der Waals surface area contributed by atoms with Gasteiger partial charge in [0, 0.05) is 24.6 Å². The Bertz CT molecular complexity index is 831. The molecule has 1 unspecified atom stereocenters. The molecule has 1 atom stereocenters. The van der Waals surface area contributed by atoms with Crippen LogP contribution in [0.5, 0.6) is 0 Å². The van der Waals surface area contributed by atoms with Gasteiger partial charge in [0.2, 0.25) is 11.8 Å². The number of hydrogen-bond acceptors (Lipinski definition) is 6. The molecule has 0 bridgehead atoms. The zero-order valence-electron chi connectivity index (χ0n) is 14.3. The molecule has 3 heterocycles. The summed E-state index contributed by atoms with van der Waals surface area (Å²) >= 11 is 7.99. The van der Waals surface area contributed by atoms with Gasteiger partial charge in [0.15, 0.2) is 0 Å². The Labute approximate surface area is 161 Å². The van der Waals surface area contributed by atoms with E-state index in [9.17, 15) is 0 Å². The number of ether oxygens (including phenoxy) is 1. The van der Waals surface area contributed by atoms with Gasteiger partial charge in [-0.3, -0.25) is 4.90 Å². The highest BCUT2D eigenvalue weighted by Gasteiger charge is 2.22. The fourth-order valence-corrected chi connectivity index (χ4v) is 4.10. The van der Waals surface area contributed by atoms with Gasteiger partial charge in [0.1, 0.15) is 0 Å². The number of thiophene rings is 1. The van der Waals surface area contributed by atoms with Crippen LogP contribution in [0, 0.1) is 0 Å². The Hall–Kier alpha value is -1.73. The number of nitrogens with zero attached hydrogens (tertiary/aromatic N) is 3. The van der Waals surface area contributed by atoms with E-state index in [0.717, 1.165) is 38.1 Å². The monoisotopic (exact) mass is 389 g/mol. The van der Waals surface area contributed by atoms with Crippen LogP contribution in [0.25, 0.3) is 11.5 Å². The smallest absolute Gasteiger partial charge is 0.249 e. The van der Waals surface area contributed by atoms with Crippen LogP contribution in [0.15, 0.2) is 46.2 Å². The summed E-state index contributed by atoms with van der Waals surface area (Å²) in [6.45, 7) is 3.16. The molecule has 0 amide bonds. The highest BCUT2D eigenvalue weighted by atomic mass is 35.5. The topological polar surface area (TPSA) is 51.4 Å². The second-order valence-electron chi connectivity index (χ2n) is 6.36. The molecule has 5 nitrogen and oxygen atoms in total. The van der Waals surface area contributed by atoms with E-state index in [0.29, 0.717) is 23.3 Å². The second kappa shape index (κ2) is 8.31. The summed E-state index contributed by atoms with van der Waals surface area (Å²) in [7, 11) is 0. The summed E-state index contributed by atoms with van der Waals surface area (Å²) in [6.07, 6.45) is 2.52. The molecular formula is C19H20ClN3O2S. The molecule has 4 rings (SSSR count). The van der Waals surface area contributed by atoms with E-state index in [1.54, 1.807) is 11.3 Å². The summed E-state index contributed by atoms with van der Waals surface area (Å²) in [5.41, 5.74) is 0.761. The van der Waals surface area contributed by atoms with Gasteiger partial charge in [-0.1, -0.05) is 29.8 Å². The summed E-state index contributed by atoms with van der Waals surface area (Å²) in [5, 5.41) is 11.1. The quantitative estimate of drug-likeness (QED) is 0.589. The van der Waals surface area contributed by atoms with Gasteiger partial charge < -0.3 is 9.15 Å². The van der Waals surface area contributed by atoms with Crippen LogP contribution in [0.2, 0.25) is 5.02 Å². The van der Waals surface area contributed by atoms with Crippen molar-refractivity contribution in [2.24, 2.45) is 0 Å². The van der Waals surface area contributed by atoms with Gasteiger partial charge in [-0.15, -0.1) is 21.5 Å². The van der Waals surface area contributed by atoms with Crippen molar-refractivity contribution in [1.82, 2.24) is 15.1 Å². The number of benzene rings is 1. The van der Waals surface area contributed by atoms with Crippen molar-refractivity contribution in [3.8, 4) is 11.5 Å². The fourth-order valence-electron chi connectivity index (χ4n) is 3.14. The number of halogens is 1. The minimum atomic E-state index is 0.279. The first-order chi connectivity index (χ1) is 12.8. The highest BCUT2D eigenvalue weighted by molar-refractivity contribution is 7.09. The molecule has 0 radical (unpaired) electrons. The van der Waals surface area contributed by atoms with Gasteiger partial charge in [-0.05, 0) is 36.4 Å². The second-order valence-corrected chi connectivity index (χ2v) is 7.80. The van der Waals surface area contributed by atoms with E-state index >= 15 is 0 Å². The normalized spacial score (nSPS) is 17.2. The summed E-state index contributed by atoms with van der Waals surface area (Å²) < 4.78 is 11.7. The molecule has 1 aromatic carbocycles. The van der Waals surface area contributed by atoms with Crippen LogP contribution in [-0.2, 0) is 17.8 Å². The molecular weight excluding hydrogens is 370 g/mol. The molecule has 26 heavy (non-hydrogen) atoms. The standard InChI is InChI=1S/C19H20ClN3O2S/c20-17-8-2-1-7-16(17)19-22-21-18(25-19)13-23(11-14-5-3-9-24-14)12-15-6-4-10-26-15/h1-2,4,6-8,10,14H,3,5,9,11-13H2. The van der Waals surface area contributed by atoms with Crippen molar-refractivity contribution in [3.63, 3.8) is 0 Å². The van der Waals surface area contributed by atoms with Crippen LogP contribution in [0.3, 0.4) is 0 Å². The SMILES string of the molecule is Clc1ccccc1-c1nnc(CN(Cc2cccs2)CC2CCCO2)o1. The summed E-state index contributed by atoms with van der Waals surface area (Å²) in [6, 6.07) is 11.7. The molecule has 0 spiro atoms. The zero-order valence-corrected chi connectivity index (χ0v) is 15.9. The van der Waals surface area contributed by atoms with Crippen LogP contribution in [-0.4, -0.2) is 34.4 Å². The first-order valence-corrected chi connectivity index (χ1v) is 9.97. The van der Waals surface area contributed by atoms with Crippen LogP contribution in [0.4, 0.5) is 0 Å². The van der Waals surface area contributed by atoms with Gasteiger partial charge in [-0.25, -0.2) is 0 Å². The maximum atomic E-state index is 6.23. The molecule has 1 aliphatic rings. The Morgan fingerprint density at radius 1 is 1.15 bits per heavy atom. The maximum Gasteiger partial charge on any atom is 0.249 e. The maximum absolute atomic E-state index is 6.23. The van der Waals surface area contributed by atoms with Crippen molar-refractivity contribution in [2.45, 2.75) is 32.0 Å². The predicted octanol–water partition coefficient (Wildman–Crippen LogP) is 4.63. The molecule has 0 N–H and O–H groups in total. The highest BCUT2D eigenvalue weighted by Crippen LogP contribution is 2.27. The average Bonchev–Trinajstić information content (AvgIpc) is 3.38. The van der Waals surface area contributed by atoms with Gasteiger partial charge >= 0.3 is 0 Å². The first-order valence-electron chi connectivity index (χ1n) is 8.71.